The third-order valence-electron chi connectivity index (χ3n) is 13.5. The van der Waals surface area contributed by atoms with Crippen molar-refractivity contribution in [3.05, 3.63) is 93.9 Å². The van der Waals surface area contributed by atoms with Crippen molar-refractivity contribution >= 4 is 63.9 Å². The first-order valence-corrected chi connectivity index (χ1v) is 22.7. The maximum Gasteiger partial charge on any atom is 0.328 e. The third-order valence-corrected chi connectivity index (χ3v) is 13.8. The van der Waals surface area contributed by atoms with Gasteiger partial charge >= 0.3 is 6.03 Å². The van der Waals surface area contributed by atoms with Gasteiger partial charge in [0.2, 0.25) is 5.91 Å². The fraction of sp³-hybridized carbons (Fsp3) is 0.435. The molecule has 5 amide bonds. The summed E-state index contributed by atoms with van der Waals surface area (Å²) in [6.07, 6.45) is 13.4. The number of ether oxygens (including phenoxy) is 1. The number of likely N-dealkylation sites (tertiary alicyclic amines) is 2. The molecule has 1 spiro atoms. The molecule has 1 aliphatic carbocycles. The van der Waals surface area contributed by atoms with Gasteiger partial charge in [-0.05, 0) is 73.2 Å². The van der Waals surface area contributed by atoms with E-state index in [0.717, 1.165) is 28.8 Å². The van der Waals surface area contributed by atoms with Crippen LogP contribution in [0.15, 0.2) is 66.5 Å². The van der Waals surface area contributed by atoms with Crippen LogP contribution in [-0.2, 0) is 11.2 Å². The van der Waals surface area contributed by atoms with E-state index in [1.165, 1.54) is 47.0 Å². The Morgan fingerprint density at radius 3 is 2.48 bits per heavy atom. The summed E-state index contributed by atoms with van der Waals surface area (Å²) in [6, 6.07) is 9.99. The number of rotatable bonds is 7. The number of urea groups is 1. The highest BCUT2D eigenvalue weighted by molar-refractivity contribution is 6.34. The SMILES string of the molecule is C1CC1.NC(=O)c1cnc2c3c(c(N4CCc5c(C6C=CC(CN7CCC8(CCN(C(=O)c9ccc(Cl)c(N%10CCC(=O)NC%10=O)c9)CC8)C(F)(F)C7)=CN6)cccc54)nn12)OCCN3. The largest absolute Gasteiger partial charge is 0.486 e. The van der Waals surface area contributed by atoms with Gasteiger partial charge in [0.25, 0.3) is 17.7 Å². The fourth-order valence-corrected chi connectivity index (χ4v) is 10.0. The normalized spacial score (nSPS) is 21.9. The van der Waals surface area contributed by atoms with Gasteiger partial charge in [-0.2, -0.15) is 0 Å². The second kappa shape index (κ2) is 16.9. The van der Waals surface area contributed by atoms with E-state index < -0.39 is 23.3 Å². The lowest BCUT2D eigenvalue weighted by Crippen LogP contribution is -2.59. The van der Waals surface area contributed by atoms with Gasteiger partial charge in [0.15, 0.2) is 17.2 Å². The summed E-state index contributed by atoms with van der Waals surface area (Å²) in [5.74, 6) is -3.17. The molecule has 6 aliphatic heterocycles. The molecule has 19 heteroatoms. The lowest BCUT2D eigenvalue weighted by molar-refractivity contribution is -0.184. The molecule has 4 aromatic rings. The van der Waals surface area contributed by atoms with Crippen molar-refractivity contribution in [1.82, 2.24) is 35.0 Å². The smallest absolute Gasteiger partial charge is 0.328 e. The highest BCUT2D eigenvalue weighted by Crippen LogP contribution is 2.51. The molecule has 7 aliphatic rings. The summed E-state index contributed by atoms with van der Waals surface area (Å²) in [4.78, 5) is 61.2. The zero-order chi connectivity index (χ0) is 45.0. The molecule has 0 bridgehead atoms. The van der Waals surface area contributed by atoms with Crippen LogP contribution < -0.4 is 36.2 Å². The molecule has 65 heavy (non-hydrogen) atoms. The van der Waals surface area contributed by atoms with Crippen LogP contribution in [-0.4, -0.2) is 113 Å². The van der Waals surface area contributed by atoms with E-state index in [4.69, 9.17) is 27.2 Å². The van der Waals surface area contributed by atoms with E-state index in [0.29, 0.717) is 73.4 Å². The average molecular weight is 910 g/mol. The van der Waals surface area contributed by atoms with Crippen molar-refractivity contribution in [2.45, 2.75) is 63.3 Å². The first-order valence-electron chi connectivity index (χ1n) is 22.3. The number of nitrogens with zero attached hydrogens (tertiary/aromatic N) is 7. The molecule has 340 valence electrons. The van der Waals surface area contributed by atoms with Gasteiger partial charge in [0.1, 0.15) is 18.0 Å². The van der Waals surface area contributed by atoms with Gasteiger partial charge < -0.3 is 30.9 Å². The minimum absolute atomic E-state index is 0.104. The lowest BCUT2D eigenvalue weighted by atomic mass is 9.68. The first kappa shape index (κ1) is 42.7. The van der Waals surface area contributed by atoms with Crippen LogP contribution in [0, 0.1) is 5.41 Å². The second-order valence-electron chi connectivity index (χ2n) is 17.7. The molecule has 0 radical (unpaired) electrons. The Labute approximate surface area is 378 Å². The molecular weight excluding hydrogens is 860 g/mol. The molecule has 16 nitrogen and oxygen atoms in total. The number of nitrogens with two attached hydrogens (primary N) is 1. The summed E-state index contributed by atoms with van der Waals surface area (Å²) in [6.45, 7) is 2.66. The minimum Gasteiger partial charge on any atom is -0.486 e. The number of hydrogen-bond donors (Lipinski definition) is 4. The highest BCUT2D eigenvalue weighted by atomic mass is 35.5. The Morgan fingerprint density at radius 2 is 1.75 bits per heavy atom. The Hall–Kier alpha value is -6.27. The molecule has 1 saturated carbocycles. The first-order chi connectivity index (χ1) is 31.4. The number of fused-ring (bicyclic) bond motifs is 4. The Balaban J connectivity index is 0.00000160. The molecule has 1 unspecified atom stereocenters. The van der Waals surface area contributed by atoms with E-state index in [9.17, 15) is 19.2 Å². The molecule has 1 atom stereocenters. The number of anilines is 4. The van der Waals surface area contributed by atoms with Crippen molar-refractivity contribution in [2.24, 2.45) is 11.1 Å². The Kier molecular flexibility index (Phi) is 11.1. The van der Waals surface area contributed by atoms with E-state index in [1.54, 1.807) is 11.0 Å². The number of carbonyl (C=O) groups is 4. The number of amides is 5. The van der Waals surface area contributed by atoms with Crippen LogP contribution in [0.2, 0.25) is 5.02 Å². The Morgan fingerprint density at radius 1 is 0.969 bits per heavy atom. The van der Waals surface area contributed by atoms with E-state index in [1.807, 2.05) is 29.3 Å². The van der Waals surface area contributed by atoms with Crippen molar-refractivity contribution < 1.29 is 32.7 Å². The number of alkyl halides is 2. The molecule has 2 aromatic heterocycles. The number of benzene rings is 2. The van der Waals surface area contributed by atoms with Crippen LogP contribution in [0.3, 0.4) is 0 Å². The number of nitrogens with one attached hydrogen (secondary N) is 3. The number of imidazole rings is 1. The highest BCUT2D eigenvalue weighted by Gasteiger charge is 2.57. The standard InChI is InChI=1S/C43H44ClF2N11O5.C3H6/c44-29-6-5-26(20-32(29)56-15-9-34(58)51-41(56)61)40(60)54-17-11-42(12-18-54)10-16-53(24-43(42,45)46)23-25-4-7-30(49-21-25)27-2-1-3-31-28(27)8-14-55(31)39-36-35(48-13-19-62-36)38-50-22-33(37(47)59)57(38)52-39;1-2-3-1/h1-7,20-22,30,48-49H,8-19,23-24H2,(H2,47,59)(H,51,58,61);1-3H2. The van der Waals surface area contributed by atoms with Crippen LogP contribution >= 0.6 is 11.6 Å². The molecule has 11 rings (SSSR count). The van der Waals surface area contributed by atoms with Crippen molar-refractivity contribution in [3.63, 3.8) is 0 Å². The summed E-state index contributed by atoms with van der Waals surface area (Å²) < 4.78 is 40.0. The summed E-state index contributed by atoms with van der Waals surface area (Å²) in [5, 5.41) is 14.2. The quantitative estimate of drug-likeness (QED) is 0.172. The van der Waals surface area contributed by atoms with Crippen LogP contribution in [0.1, 0.15) is 83.0 Å². The zero-order valence-electron chi connectivity index (χ0n) is 35.8. The van der Waals surface area contributed by atoms with Gasteiger partial charge in [0, 0.05) is 68.6 Å². The molecule has 8 heterocycles. The molecule has 3 saturated heterocycles. The van der Waals surface area contributed by atoms with Crippen molar-refractivity contribution in [2.75, 3.05) is 74.1 Å². The van der Waals surface area contributed by atoms with E-state index in [2.05, 4.69) is 38.0 Å². The summed E-state index contributed by atoms with van der Waals surface area (Å²) in [5.41, 5.74) is 10.4. The number of halogens is 3. The van der Waals surface area contributed by atoms with E-state index >= 15 is 8.78 Å². The average Bonchev–Trinajstić information content (AvgIpc) is 4.03. The van der Waals surface area contributed by atoms with Crippen LogP contribution in [0.4, 0.5) is 36.5 Å². The number of piperidine rings is 2. The topological polar surface area (TPSA) is 183 Å². The maximum atomic E-state index is 16.2. The number of aromatic nitrogens is 3. The molecule has 4 fully saturated rings. The summed E-state index contributed by atoms with van der Waals surface area (Å²) in [7, 11) is 0. The monoisotopic (exact) mass is 909 g/mol. The molecule has 2 aromatic carbocycles. The van der Waals surface area contributed by atoms with Gasteiger partial charge in [-0.3, -0.25) is 29.5 Å². The number of imide groups is 1. The van der Waals surface area contributed by atoms with Crippen LogP contribution in [0.25, 0.3) is 5.65 Å². The maximum absolute atomic E-state index is 16.2. The Bertz CT molecular complexity index is 2660. The number of dihydropyridines is 1. The number of primary amides is 1. The lowest BCUT2D eigenvalue weighted by Gasteiger charge is -2.51. The van der Waals surface area contributed by atoms with Crippen LogP contribution in [0.5, 0.6) is 5.75 Å². The van der Waals surface area contributed by atoms with E-state index in [-0.39, 0.29) is 74.0 Å². The number of hydrogen-bond acceptors (Lipinski definition) is 11. The van der Waals surface area contributed by atoms with Crippen molar-refractivity contribution in [3.8, 4) is 5.75 Å². The third kappa shape index (κ3) is 8.00. The number of carbonyl (C=O) groups excluding carboxylic acids is 4. The van der Waals surface area contributed by atoms with Crippen molar-refractivity contribution in [1.29, 1.82) is 0 Å². The van der Waals surface area contributed by atoms with Gasteiger partial charge in [0.05, 0.1) is 29.5 Å². The van der Waals surface area contributed by atoms with Gasteiger partial charge in [-0.15, -0.1) is 5.10 Å². The molecule has 5 N–H and O–H groups in total. The summed E-state index contributed by atoms with van der Waals surface area (Å²) >= 11 is 6.38. The molecular formula is C46H50ClF2N11O5. The predicted octanol–water partition coefficient (Wildman–Crippen LogP) is 5.94. The van der Waals surface area contributed by atoms with Gasteiger partial charge in [-0.25, -0.2) is 23.1 Å². The zero-order valence-corrected chi connectivity index (χ0v) is 36.5. The predicted molar refractivity (Wildman–Crippen MR) is 240 cm³/mol. The fourth-order valence-electron chi connectivity index (χ4n) is 9.78. The second-order valence-corrected chi connectivity index (χ2v) is 18.1. The van der Waals surface area contributed by atoms with Gasteiger partial charge in [-0.1, -0.05) is 55.1 Å². The minimum atomic E-state index is -2.96.